The molecule has 0 radical (unpaired) electrons. The molecule has 1 fully saturated rings. The van der Waals surface area contributed by atoms with Crippen molar-refractivity contribution in [3.63, 3.8) is 0 Å². The topological polar surface area (TPSA) is 81.2 Å². The fraction of sp³-hybridized carbons (Fsp3) is 0.375. The van der Waals surface area contributed by atoms with Gasteiger partial charge in [-0.25, -0.2) is 0 Å². The second-order valence-electron chi connectivity index (χ2n) is 8.61. The van der Waals surface area contributed by atoms with Crippen LogP contribution >= 0.6 is 11.8 Å². The summed E-state index contributed by atoms with van der Waals surface area (Å²) >= 11 is 1.45. The lowest BCUT2D eigenvalue weighted by atomic mass is 9.97. The number of hydrogen-bond donors (Lipinski definition) is 0. The van der Waals surface area contributed by atoms with Gasteiger partial charge in [-0.05, 0) is 62.9 Å². The third-order valence-corrected chi connectivity index (χ3v) is 7.12. The number of amides is 1. The molecule has 1 aliphatic heterocycles. The molecule has 0 bridgehead atoms. The van der Waals surface area contributed by atoms with Crippen LogP contribution in [0.2, 0.25) is 0 Å². The molecule has 9 heteroatoms. The monoisotopic (exact) mass is 461 g/mol. The lowest BCUT2D eigenvalue weighted by Gasteiger charge is -2.32. The number of benzene rings is 1. The van der Waals surface area contributed by atoms with E-state index in [1.54, 1.807) is 0 Å². The van der Waals surface area contributed by atoms with Gasteiger partial charge in [0, 0.05) is 25.2 Å². The molecule has 0 aliphatic carbocycles. The lowest BCUT2D eigenvalue weighted by Crippen LogP contribution is -2.40. The van der Waals surface area contributed by atoms with E-state index >= 15 is 0 Å². The van der Waals surface area contributed by atoms with Crippen LogP contribution in [0.5, 0.6) is 0 Å². The molecule has 0 spiro atoms. The number of nitrogens with zero attached hydrogens (tertiary/aromatic N) is 7. The normalized spacial score (nSPS) is 16.5. The highest BCUT2D eigenvalue weighted by atomic mass is 32.2. The second-order valence-corrected chi connectivity index (χ2v) is 9.55. The Morgan fingerprint density at radius 3 is 2.85 bits per heavy atom. The number of hydrogen-bond acceptors (Lipinski definition) is 6. The molecule has 0 saturated carbocycles. The molecule has 4 aromatic rings. The van der Waals surface area contributed by atoms with Crippen molar-refractivity contribution in [3.8, 4) is 5.69 Å². The first-order valence-corrected chi connectivity index (χ1v) is 12.2. The van der Waals surface area contributed by atoms with Crippen molar-refractivity contribution < 1.29 is 4.79 Å². The van der Waals surface area contributed by atoms with Crippen molar-refractivity contribution >= 4 is 23.3 Å². The van der Waals surface area contributed by atoms with E-state index in [1.807, 2.05) is 45.2 Å². The average molecular weight is 462 g/mol. The molecule has 170 valence electrons. The van der Waals surface area contributed by atoms with E-state index in [4.69, 9.17) is 0 Å². The standard InChI is InChI=1S/C24H27N7OS/c1-16-9-10-17(2)20(13-16)31-18(3)25-28-24(31)33-15-22(32)29-11-6-7-19(14-29)23-27-26-21-8-4-5-12-30(21)23/h4-5,8-10,12-13,19H,6-7,11,14-15H2,1-3H3. The Morgan fingerprint density at radius 1 is 1.09 bits per heavy atom. The van der Waals surface area contributed by atoms with Gasteiger partial charge in [0.1, 0.15) is 11.6 Å². The van der Waals surface area contributed by atoms with Crippen LogP contribution in [-0.2, 0) is 4.79 Å². The molecule has 1 atom stereocenters. The van der Waals surface area contributed by atoms with Crippen molar-refractivity contribution in [2.24, 2.45) is 0 Å². The number of likely N-dealkylation sites (tertiary alicyclic amines) is 1. The third kappa shape index (κ3) is 4.25. The molecule has 5 rings (SSSR count). The van der Waals surface area contributed by atoms with Crippen LogP contribution in [-0.4, -0.2) is 59.0 Å². The summed E-state index contributed by atoms with van der Waals surface area (Å²) < 4.78 is 4.07. The minimum atomic E-state index is 0.117. The number of aryl methyl sites for hydroxylation is 3. The van der Waals surface area contributed by atoms with E-state index in [0.717, 1.165) is 53.1 Å². The zero-order valence-corrected chi connectivity index (χ0v) is 19.9. The Hall–Kier alpha value is -3.20. The van der Waals surface area contributed by atoms with Gasteiger partial charge in [0.15, 0.2) is 10.8 Å². The molecule has 8 nitrogen and oxygen atoms in total. The molecule has 1 aliphatic rings. The van der Waals surface area contributed by atoms with Gasteiger partial charge in [-0.15, -0.1) is 20.4 Å². The van der Waals surface area contributed by atoms with Gasteiger partial charge < -0.3 is 4.90 Å². The number of pyridine rings is 1. The predicted octanol–water partition coefficient (Wildman–Crippen LogP) is 3.73. The molecule has 1 amide bonds. The number of piperidine rings is 1. The number of carbonyl (C=O) groups excluding carboxylic acids is 1. The molecule has 1 unspecified atom stereocenters. The molecule has 0 N–H and O–H groups in total. The lowest BCUT2D eigenvalue weighted by molar-refractivity contribution is -0.129. The Bertz CT molecular complexity index is 1310. The van der Waals surface area contributed by atoms with Crippen molar-refractivity contribution in [2.45, 2.75) is 44.7 Å². The number of fused-ring (bicyclic) bond motifs is 1. The average Bonchev–Trinajstić information content (AvgIpc) is 3.42. The van der Waals surface area contributed by atoms with Crippen molar-refractivity contribution in [3.05, 3.63) is 65.4 Å². The summed E-state index contributed by atoms with van der Waals surface area (Å²) in [5.74, 6) is 2.38. The van der Waals surface area contributed by atoms with Crippen LogP contribution in [0, 0.1) is 20.8 Å². The first kappa shape index (κ1) is 21.6. The van der Waals surface area contributed by atoms with Crippen molar-refractivity contribution in [2.75, 3.05) is 18.8 Å². The summed E-state index contributed by atoms with van der Waals surface area (Å²) in [5.41, 5.74) is 4.23. The molecule has 33 heavy (non-hydrogen) atoms. The molecular weight excluding hydrogens is 434 g/mol. The van der Waals surface area contributed by atoms with Crippen LogP contribution in [0.4, 0.5) is 0 Å². The van der Waals surface area contributed by atoms with Crippen LogP contribution in [0.25, 0.3) is 11.3 Å². The summed E-state index contributed by atoms with van der Waals surface area (Å²) in [6, 6.07) is 12.2. The minimum absolute atomic E-state index is 0.117. The Labute approximate surface area is 197 Å². The molecular formula is C24H27N7OS. The van der Waals surface area contributed by atoms with Gasteiger partial charge in [-0.3, -0.25) is 13.8 Å². The predicted molar refractivity (Wildman–Crippen MR) is 128 cm³/mol. The minimum Gasteiger partial charge on any atom is -0.341 e. The summed E-state index contributed by atoms with van der Waals surface area (Å²) in [7, 11) is 0. The van der Waals surface area contributed by atoms with Gasteiger partial charge in [0.25, 0.3) is 0 Å². The fourth-order valence-electron chi connectivity index (χ4n) is 4.44. The first-order valence-electron chi connectivity index (χ1n) is 11.2. The van der Waals surface area contributed by atoms with E-state index in [0.29, 0.717) is 12.3 Å². The largest absolute Gasteiger partial charge is 0.341 e. The number of rotatable bonds is 5. The van der Waals surface area contributed by atoms with Gasteiger partial charge in [-0.1, -0.05) is 30.0 Å². The van der Waals surface area contributed by atoms with Crippen LogP contribution in [0.1, 0.15) is 41.5 Å². The maximum absolute atomic E-state index is 13.1. The van der Waals surface area contributed by atoms with Gasteiger partial charge in [-0.2, -0.15) is 0 Å². The number of thioether (sulfide) groups is 1. The Morgan fingerprint density at radius 2 is 1.97 bits per heavy atom. The van der Waals surface area contributed by atoms with Crippen LogP contribution < -0.4 is 0 Å². The second kappa shape index (κ2) is 8.97. The van der Waals surface area contributed by atoms with E-state index in [9.17, 15) is 4.79 Å². The summed E-state index contributed by atoms with van der Waals surface area (Å²) in [6.07, 6.45) is 3.96. The van der Waals surface area contributed by atoms with E-state index < -0.39 is 0 Å². The Balaban J connectivity index is 1.30. The highest BCUT2D eigenvalue weighted by Gasteiger charge is 2.28. The highest BCUT2D eigenvalue weighted by molar-refractivity contribution is 7.99. The highest BCUT2D eigenvalue weighted by Crippen LogP contribution is 2.28. The van der Waals surface area contributed by atoms with Crippen LogP contribution in [0.3, 0.4) is 0 Å². The maximum atomic E-state index is 13.1. The van der Waals surface area contributed by atoms with Crippen LogP contribution in [0.15, 0.2) is 47.8 Å². The van der Waals surface area contributed by atoms with Crippen molar-refractivity contribution in [1.82, 2.24) is 34.3 Å². The summed E-state index contributed by atoms with van der Waals surface area (Å²) in [6.45, 7) is 7.53. The molecule has 1 saturated heterocycles. The van der Waals surface area contributed by atoms with E-state index in [1.165, 1.54) is 17.3 Å². The zero-order chi connectivity index (χ0) is 22.9. The quantitative estimate of drug-likeness (QED) is 0.421. The molecule has 3 aromatic heterocycles. The van der Waals surface area contributed by atoms with E-state index in [2.05, 4.69) is 52.4 Å². The Kier molecular flexibility index (Phi) is 5.88. The SMILES string of the molecule is Cc1ccc(C)c(-n2c(C)nnc2SCC(=O)N2CCCC(c3nnc4ccccn34)C2)c1. The molecule has 4 heterocycles. The number of carbonyl (C=O) groups is 1. The summed E-state index contributed by atoms with van der Waals surface area (Å²) in [5, 5.41) is 18.1. The van der Waals surface area contributed by atoms with E-state index in [-0.39, 0.29) is 11.8 Å². The summed E-state index contributed by atoms with van der Waals surface area (Å²) in [4.78, 5) is 15.1. The van der Waals surface area contributed by atoms with Crippen molar-refractivity contribution in [1.29, 1.82) is 0 Å². The fourth-order valence-corrected chi connectivity index (χ4v) is 5.34. The van der Waals surface area contributed by atoms with Gasteiger partial charge in [0.05, 0.1) is 11.4 Å². The third-order valence-electron chi connectivity index (χ3n) is 6.20. The van der Waals surface area contributed by atoms with Gasteiger partial charge >= 0.3 is 0 Å². The first-order chi connectivity index (χ1) is 16.0. The number of aromatic nitrogens is 6. The maximum Gasteiger partial charge on any atom is 0.233 e. The smallest absolute Gasteiger partial charge is 0.233 e. The zero-order valence-electron chi connectivity index (χ0n) is 19.1. The molecule has 1 aromatic carbocycles. The van der Waals surface area contributed by atoms with Gasteiger partial charge in [0.2, 0.25) is 5.91 Å².